The first-order valence-corrected chi connectivity index (χ1v) is 4.75. The van der Waals surface area contributed by atoms with Crippen LogP contribution in [0.25, 0.3) is 0 Å². The monoisotopic (exact) mass is 186 g/mol. The highest BCUT2D eigenvalue weighted by molar-refractivity contribution is 5.66. The van der Waals surface area contributed by atoms with Crippen molar-refractivity contribution in [3.05, 3.63) is 60.8 Å². The Labute approximate surface area is 85.7 Å². The lowest BCUT2D eigenvalue weighted by Gasteiger charge is -1.96. The van der Waals surface area contributed by atoms with Gasteiger partial charge in [-0.1, -0.05) is 36.4 Å². The molecule has 0 N–H and O–H groups in total. The molecule has 0 aliphatic rings. The van der Waals surface area contributed by atoms with Crippen LogP contribution in [0.2, 0.25) is 0 Å². The van der Waals surface area contributed by atoms with E-state index >= 15 is 0 Å². The first-order chi connectivity index (χ1) is 6.86. The minimum absolute atomic E-state index is 0.870. The number of hydrogen-bond donors (Lipinski definition) is 0. The van der Waals surface area contributed by atoms with Crippen LogP contribution in [0.15, 0.2) is 55.3 Å². The standard InChI is InChI=1S/C13H16N/c1-3-5-11-14(4-2)12-13-9-7-6-8-10-13/h3-11H,2,12H2,1H3/q+1/b5-3-,14-11?. The van der Waals surface area contributed by atoms with E-state index in [0.717, 1.165) is 6.54 Å². The molecule has 1 rings (SSSR count). The zero-order valence-corrected chi connectivity index (χ0v) is 8.56. The minimum atomic E-state index is 0.870. The average Bonchev–Trinajstić information content (AvgIpc) is 2.25. The third kappa shape index (κ3) is 3.40. The van der Waals surface area contributed by atoms with Crippen molar-refractivity contribution < 1.29 is 4.58 Å². The summed E-state index contributed by atoms with van der Waals surface area (Å²) in [5.41, 5.74) is 1.29. The highest BCUT2D eigenvalue weighted by atomic mass is 15.0. The van der Waals surface area contributed by atoms with E-state index < -0.39 is 0 Å². The van der Waals surface area contributed by atoms with Crippen LogP contribution in [-0.2, 0) is 6.54 Å². The largest absolute Gasteiger partial charge is 0.201 e. The number of hydrogen-bond acceptors (Lipinski definition) is 0. The predicted molar refractivity (Wildman–Crippen MR) is 61.5 cm³/mol. The Kier molecular flexibility index (Phi) is 4.42. The lowest BCUT2D eigenvalue weighted by Crippen LogP contribution is -2.03. The van der Waals surface area contributed by atoms with Gasteiger partial charge in [0.25, 0.3) is 0 Å². The Morgan fingerprint density at radius 2 is 2.00 bits per heavy atom. The minimum Gasteiger partial charge on any atom is -0.201 e. The molecule has 0 aliphatic heterocycles. The van der Waals surface area contributed by atoms with E-state index in [2.05, 4.69) is 23.3 Å². The van der Waals surface area contributed by atoms with Crippen molar-refractivity contribution >= 4 is 6.21 Å². The Morgan fingerprint density at radius 1 is 1.29 bits per heavy atom. The van der Waals surface area contributed by atoms with Gasteiger partial charge in [0.2, 0.25) is 0 Å². The van der Waals surface area contributed by atoms with E-state index in [4.69, 9.17) is 0 Å². The van der Waals surface area contributed by atoms with Crippen molar-refractivity contribution in [2.24, 2.45) is 0 Å². The normalized spacial score (nSPS) is 11.9. The van der Waals surface area contributed by atoms with Crippen LogP contribution in [0.1, 0.15) is 12.5 Å². The van der Waals surface area contributed by atoms with Crippen LogP contribution in [0, 0.1) is 0 Å². The third-order valence-electron chi connectivity index (χ3n) is 1.91. The maximum Gasteiger partial charge on any atom is 0.173 e. The highest BCUT2D eigenvalue weighted by Crippen LogP contribution is 2.00. The molecule has 0 saturated carbocycles. The van der Waals surface area contributed by atoms with E-state index in [1.165, 1.54) is 5.56 Å². The summed E-state index contributed by atoms with van der Waals surface area (Å²) in [6, 6.07) is 10.3. The molecule has 0 fully saturated rings. The molecule has 1 heteroatoms. The summed E-state index contributed by atoms with van der Waals surface area (Å²) in [4.78, 5) is 0. The van der Waals surface area contributed by atoms with Gasteiger partial charge in [-0.2, -0.15) is 0 Å². The summed E-state index contributed by atoms with van der Waals surface area (Å²) >= 11 is 0. The quantitative estimate of drug-likeness (QED) is 0.502. The van der Waals surface area contributed by atoms with Gasteiger partial charge < -0.3 is 0 Å². The van der Waals surface area contributed by atoms with Crippen LogP contribution in [-0.4, -0.2) is 10.8 Å². The molecule has 1 aromatic carbocycles. The van der Waals surface area contributed by atoms with Crippen LogP contribution >= 0.6 is 0 Å². The van der Waals surface area contributed by atoms with Crippen LogP contribution in [0.4, 0.5) is 0 Å². The lowest BCUT2D eigenvalue weighted by atomic mass is 10.2. The maximum absolute atomic E-state index is 3.77. The van der Waals surface area contributed by atoms with Crippen molar-refractivity contribution in [1.29, 1.82) is 0 Å². The molecule has 0 unspecified atom stereocenters. The molecule has 1 aromatic rings. The summed E-state index contributed by atoms with van der Waals surface area (Å²) in [5.74, 6) is 0. The van der Waals surface area contributed by atoms with Crippen molar-refractivity contribution in [3.63, 3.8) is 0 Å². The first-order valence-electron chi connectivity index (χ1n) is 4.75. The van der Waals surface area contributed by atoms with Crippen molar-refractivity contribution in [2.45, 2.75) is 13.5 Å². The topological polar surface area (TPSA) is 3.01 Å². The highest BCUT2D eigenvalue weighted by Gasteiger charge is 1.98. The SMILES string of the molecule is C=C[N+](=C/C=C\C)Cc1ccccc1. The summed E-state index contributed by atoms with van der Waals surface area (Å²) < 4.78 is 2.05. The summed E-state index contributed by atoms with van der Waals surface area (Å²) in [7, 11) is 0. The molecule has 72 valence electrons. The number of benzene rings is 1. The molecule has 14 heavy (non-hydrogen) atoms. The molecule has 0 atom stereocenters. The molecule has 0 heterocycles. The van der Waals surface area contributed by atoms with Crippen molar-refractivity contribution in [2.75, 3.05) is 0 Å². The van der Waals surface area contributed by atoms with Crippen LogP contribution in [0.5, 0.6) is 0 Å². The molecule has 0 radical (unpaired) electrons. The van der Waals surface area contributed by atoms with E-state index in [9.17, 15) is 0 Å². The fourth-order valence-electron chi connectivity index (χ4n) is 1.17. The Bertz CT molecular complexity index is 334. The van der Waals surface area contributed by atoms with E-state index in [0.29, 0.717) is 0 Å². The molecule has 0 amide bonds. The van der Waals surface area contributed by atoms with Gasteiger partial charge in [0.1, 0.15) is 0 Å². The van der Waals surface area contributed by atoms with Crippen LogP contribution in [0.3, 0.4) is 0 Å². The number of nitrogens with zero attached hydrogens (tertiary/aromatic N) is 1. The summed E-state index contributed by atoms with van der Waals surface area (Å²) in [5, 5.41) is 0. The summed E-state index contributed by atoms with van der Waals surface area (Å²) in [6.45, 7) is 6.64. The van der Waals surface area contributed by atoms with Gasteiger partial charge >= 0.3 is 0 Å². The van der Waals surface area contributed by atoms with Gasteiger partial charge in [-0.25, -0.2) is 4.58 Å². The third-order valence-corrected chi connectivity index (χ3v) is 1.91. The molecule has 0 bridgehead atoms. The fourth-order valence-corrected chi connectivity index (χ4v) is 1.17. The van der Waals surface area contributed by atoms with Gasteiger partial charge in [-0.05, 0) is 19.6 Å². The van der Waals surface area contributed by atoms with Gasteiger partial charge in [-0.3, -0.25) is 0 Å². The Balaban J connectivity index is 2.71. The molecule has 0 aliphatic carbocycles. The molecule has 0 aromatic heterocycles. The fraction of sp³-hybridized carbons (Fsp3) is 0.154. The number of rotatable bonds is 4. The van der Waals surface area contributed by atoms with E-state index in [1.807, 2.05) is 49.7 Å². The predicted octanol–water partition coefficient (Wildman–Crippen LogP) is 2.99. The second kappa shape index (κ2) is 5.92. The van der Waals surface area contributed by atoms with Gasteiger partial charge in [0, 0.05) is 5.56 Å². The van der Waals surface area contributed by atoms with E-state index in [-0.39, 0.29) is 0 Å². The molecule has 1 nitrogen and oxygen atoms in total. The smallest absolute Gasteiger partial charge is 0.173 e. The van der Waals surface area contributed by atoms with Crippen LogP contribution < -0.4 is 0 Å². The number of allylic oxidation sites excluding steroid dienone is 2. The second-order valence-corrected chi connectivity index (χ2v) is 3.02. The average molecular weight is 186 g/mol. The lowest BCUT2D eigenvalue weighted by molar-refractivity contribution is -0.468. The maximum atomic E-state index is 3.77. The first kappa shape index (κ1) is 10.5. The van der Waals surface area contributed by atoms with Gasteiger partial charge in [0.05, 0.1) is 0 Å². The van der Waals surface area contributed by atoms with Gasteiger partial charge in [0.15, 0.2) is 19.0 Å². The molecule has 0 spiro atoms. The second-order valence-electron chi connectivity index (χ2n) is 3.02. The molecular weight excluding hydrogens is 170 g/mol. The van der Waals surface area contributed by atoms with Gasteiger partial charge in [-0.15, -0.1) is 0 Å². The Morgan fingerprint density at radius 3 is 2.57 bits per heavy atom. The summed E-state index contributed by atoms with van der Waals surface area (Å²) in [6.07, 6.45) is 7.85. The van der Waals surface area contributed by atoms with E-state index in [1.54, 1.807) is 0 Å². The Hall–Kier alpha value is -1.63. The van der Waals surface area contributed by atoms with Crippen molar-refractivity contribution in [1.82, 2.24) is 0 Å². The zero-order chi connectivity index (χ0) is 10.2. The van der Waals surface area contributed by atoms with Crippen molar-refractivity contribution in [3.8, 4) is 0 Å². The zero-order valence-electron chi connectivity index (χ0n) is 8.56. The molecular formula is C13H16N+. The molecule has 0 saturated heterocycles.